The number of benzene rings is 2. The summed E-state index contributed by atoms with van der Waals surface area (Å²) in [5, 5.41) is 3.61. The molecule has 0 bridgehead atoms. The van der Waals surface area contributed by atoms with Gasteiger partial charge in [-0.15, -0.1) is 0 Å². The van der Waals surface area contributed by atoms with Crippen molar-refractivity contribution in [3.8, 4) is 5.75 Å². The highest BCUT2D eigenvalue weighted by atomic mass is 35.5. The molecule has 0 fully saturated rings. The number of carbonyl (C=O) groups excluding carboxylic acids is 1. The molecule has 0 aliphatic carbocycles. The number of carbonyl (C=O) groups is 1. The molecule has 122 valence electrons. The maximum absolute atomic E-state index is 12.3. The van der Waals surface area contributed by atoms with Crippen LogP contribution in [0.2, 0.25) is 10.0 Å². The molecule has 2 aromatic carbocycles. The zero-order chi connectivity index (χ0) is 17.1. The molecule has 0 spiro atoms. The molecule has 0 radical (unpaired) electrons. The van der Waals surface area contributed by atoms with Crippen LogP contribution in [0.4, 0.5) is 5.69 Å². The molecule has 0 saturated heterocycles. The van der Waals surface area contributed by atoms with Crippen molar-refractivity contribution >= 4 is 34.8 Å². The summed E-state index contributed by atoms with van der Waals surface area (Å²) in [7, 11) is 0. The molecule has 1 amide bonds. The van der Waals surface area contributed by atoms with Crippen molar-refractivity contribution in [2.75, 3.05) is 5.32 Å². The summed E-state index contributed by atoms with van der Waals surface area (Å²) in [4.78, 5) is 12.3. The number of aryl methyl sites for hydroxylation is 2. The van der Waals surface area contributed by atoms with Crippen LogP contribution in [0.25, 0.3) is 0 Å². The van der Waals surface area contributed by atoms with Gasteiger partial charge in [0.2, 0.25) is 0 Å². The molecule has 1 unspecified atom stereocenters. The summed E-state index contributed by atoms with van der Waals surface area (Å²) in [5.41, 5.74) is 3.85. The molecule has 0 heterocycles. The highest BCUT2D eigenvalue weighted by molar-refractivity contribution is 6.42. The van der Waals surface area contributed by atoms with Crippen molar-refractivity contribution in [3.05, 3.63) is 57.1 Å². The Morgan fingerprint density at radius 3 is 2.43 bits per heavy atom. The lowest BCUT2D eigenvalue weighted by molar-refractivity contribution is -0.122. The van der Waals surface area contributed by atoms with E-state index in [0.717, 1.165) is 22.4 Å². The van der Waals surface area contributed by atoms with E-state index in [2.05, 4.69) is 11.4 Å². The molecule has 0 aromatic heterocycles. The lowest BCUT2D eigenvalue weighted by Crippen LogP contribution is -2.30. The van der Waals surface area contributed by atoms with Gasteiger partial charge < -0.3 is 10.1 Å². The minimum Gasteiger partial charge on any atom is -0.481 e. The van der Waals surface area contributed by atoms with Gasteiger partial charge in [-0.05, 0) is 68.7 Å². The average Bonchev–Trinajstić information content (AvgIpc) is 2.48. The first-order valence-electron chi connectivity index (χ1n) is 7.28. The fraction of sp³-hybridized carbons (Fsp3) is 0.278. The first kappa shape index (κ1) is 17.6. The zero-order valence-electron chi connectivity index (χ0n) is 13.5. The van der Waals surface area contributed by atoms with Gasteiger partial charge in [0.05, 0.1) is 10.0 Å². The van der Waals surface area contributed by atoms with Gasteiger partial charge >= 0.3 is 0 Å². The summed E-state index contributed by atoms with van der Waals surface area (Å²) in [6, 6.07) is 8.96. The van der Waals surface area contributed by atoms with Gasteiger partial charge in [0.25, 0.3) is 5.91 Å². The van der Waals surface area contributed by atoms with Crippen LogP contribution in [0.5, 0.6) is 5.75 Å². The lowest BCUT2D eigenvalue weighted by Gasteiger charge is -2.18. The smallest absolute Gasteiger partial charge is 0.265 e. The Morgan fingerprint density at radius 1 is 1.09 bits per heavy atom. The third-order valence-electron chi connectivity index (χ3n) is 3.62. The molecule has 1 N–H and O–H groups in total. The van der Waals surface area contributed by atoms with Crippen LogP contribution in [0.1, 0.15) is 23.6 Å². The number of hydrogen-bond donors (Lipinski definition) is 1. The fourth-order valence-electron chi connectivity index (χ4n) is 2.18. The van der Waals surface area contributed by atoms with E-state index in [0.29, 0.717) is 15.7 Å². The Bertz CT molecular complexity index is 744. The summed E-state index contributed by atoms with van der Waals surface area (Å²) in [5.74, 6) is 0.473. The number of amides is 1. The van der Waals surface area contributed by atoms with Crippen molar-refractivity contribution in [1.29, 1.82) is 0 Å². The first-order valence-corrected chi connectivity index (χ1v) is 8.04. The number of nitrogens with one attached hydrogen (secondary N) is 1. The summed E-state index contributed by atoms with van der Waals surface area (Å²) < 4.78 is 5.82. The van der Waals surface area contributed by atoms with E-state index in [1.165, 1.54) is 0 Å². The van der Waals surface area contributed by atoms with Crippen LogP contribution in [-0.4, -0.2) is 12.0 Å². The Kier molecular flexibility index (Phi) is 5.55. The van der Waals surface area contributed by atoms with Crippen molar-refractivity contribution in [1.82, 2.24) is 0 Å². The molecule has 23 heavy (non-hydrogen) atoms. The van der Waals surface area contributed by atoms with Gasteiger partial charge in [-0.25, -0.2) is 0 Å². The quantitative estimate of drug-likeness (QED) is 0.808. The lowest BCUT2D eigenvalue weighted by atomic mass is 10.1. The van der Waals surface area contributed by atoms with Gasteiger partial charge in [-0.3, -0.25) is 4.79 Å². The largest absolute Gasteiger partial charge is 0.481 e. The molecular weight excluding hydrogens is 333 g/mol. The number of anilines is 1. The molecule has 0 aliphatic heterocycles. The second kappa shape index (κ2) is 7.24. The summed E-state index contributed by atoms with van der Waals surface area (Å²) in [6.07, 6.45) is -0.635. The Morgan fingerprint density at radius 2 is 1.78 bits per heavy atom. The van der Waals surface area contributed by atoms with Crippen LogP contribution in [0, 0.1) is 20.8 Å². The molecule has 2 rings (SSSR count). The topological polar surface area (TPSA) is 38.3 Å². The van der Waals surface area contributed by atoms with E-state index in [-0.39, 0.29) is 5.91 Å². The van der Waals surface area contributed by atoms with E-state index >= 15 is 0 Å². The minimum atomic E-state index is -0.635. The predicted octanol–water partition coefficient (Wildman–Crippen LogP) is 5.32. The molecular formula is C18H19Cl2NO2. The van der Waals surface area contributed by atoms with E-state index < -0.39 is 6.10 Å². The van der Waals surface area contributed by atoms with Gasteiger partial charge in [0.1, 0.15) is 5.75 Å². The summed E-state index contributed by atoms with van der Waals surface area (Å²) >= 11 is 11.8. The van der Waals surface area contributed by atoms with Crippen LogP contribution >= 0.6 is 23.2 Å². The van der Waals surface area contributed by atoms with Crippen LogP contribution in [0.3, 0.4) is 0 Å². The van der Waals surface area contributed by atoms with E-state index in [1.807, 2.05) is 26.8 Å². The SMILES string of the molecule is Cc1cc(C)c(C)c(OC(C)C(=O)Nc2ccc(Cl)c(Cl)c2)c1. The Balaban J connectivity index is 2.10. The second-order valence-corrected chi connectivity index (χ2v) is 6.40. The molecule has 1 atom stereocenters. The van der Waals surface area contributed by atoms with E-state index in [9.17, 15) is 4.79 Å². The Labute approximate surface area is 146 Å². The van der Waals surface area contributed by atoms with E-state index in [1.54, 1.807) is 25.1 Å². The highest BCUT2D eigenvalue weighted by Gasteiger charge is 2.17. The monoisotopic (exact) mass is 351 g/mol. The predicted molar refractivity (Wildman–Crippen MR) is 95.8 cm³/mol. The van der Waals surface area contributed by atoms with Crippen LogP contribution in [0.15, 0.2) is 30.3 Å². The average molecular weight is 352 g/mol. The number of ether oxygens (including phenoxy) is 1. The Hall–Kier alpha value is -1.71. The molecule has 3 nitrogen and oxygen atoms in total. The summed E-state index contributed by atoms with van der Waals surface area (Å²) in [6.45, 7) is 7.72. The van der Waals surface area contributed by atoms with Crippen molar-refractivity contribution in [3.63, 3.8) is 0 Å². The second-order valence-electron chi connectivity index (χ2n) is 5.58. The van der Waals surface area contributed by atoms with Crippen molar-refractivity contribution in [2.24, 2.45) is 0 Å². The van der Waals surface area contributed by atoms with E-state index in [4.69, 9.17) is 27.9 Å². The third-order valence-corrected chi connectivity index (χ3v) is 4.36. The minimum absolute atomic E-state index is 0.248. The maximum atomic E-state index is 12.3. The zero-order valence-corrected chi connectivity index (χ0v) is 15.0. The fourth-order valence-corrected chi connectivity index (χ4v) is 2.48. The number of hydrogen-bond acceptors (Lipinski definition) is 2. The molecule has 2 aromatic rings. The van der Waals surface area contributed by atoms with Crippen molar-refractivity contribution in [2.45, 2.75) is 33.8 Å². The van der Waals surface area contributed by atoms with Crippen LogP contribution in [-0.2, 0) is 4.79 Å². The van der Waals surface area contributed by atoms with Gasteiger partial charge in [-0.2, -0.15) is 0 Å². The van der Waals surface area contributed by atoms with Gasteiger partial charge in [-0.1, -0.05) is 29.3 Å². The highest BCUT2D eigenvalue weighted by Crippen LogP contribution is 2.26. The van der Waals surface area contributed by atoms with Gasteiger partial charge in [0.15, 0.2) is 6.10 Å². The molecule has 5 heteroatoms. The van der Waals surface area contributed by atoms with Crippen LogP contribution < -0.4 is 10.1 Å². The maximum Gasteiger partial charge on any atom is 0.265 e. The normalized spacial score (nSPS) is 11.9. The third kappa shape index (κ3) is 4.40. The standard InChI is InChI=1S/C18H19Cl2NO2/c1-10-7-11(2)12(3)17(8-10)23-13(4)18(22)21-14-5-6-15(19)16(20)9-14/h5-9,13H,1-4H3,(H,21,22). The van der Waals surface area contributed by atoms with Gasteiger partial charge in [0, 0.05) is 5.69 Å². The number of halogens is 2. The molecule has 0 saturated carbocycles. The van der Waals surface area contributed by atoms with Crippen molar-refractivity contribution < 1.29 is 9.53 Å². The first-order chi connectivity index (χ1) is 10.8. The molecule has 0 aliphatic rings. The number of rotatable bonds is 4.